The molecule has 1 heterocycles. The van der Waals surface area contributed by atoms with Crippen molar-refractivity contribution < 1.29 is 17.9 Å². The van der Waals surface area contributed by atoms with Gasteiger partial charge in [0.05, 0.1) is 15.9 Å². The quantitative estimate of drug-likeness (QED) is 0.867. The molecule has 2 atom stereocenters. The number of amides is 1. The second-order valence-electron chi connectivity index (χ2n) is 5.88. The number of ether oxygens (including phenoxy) is 1. The minimum Gasteiger partial charge on any atom is -0.381 e. The van der Waals surface area contributed by atoms with Crippen LogP contribution in [0, 0.1) is 12.3 Å². The van der Waals surface area contributed by atoms with E-state index in [1.807, 2.05) is 13.8 Å². The minimum absolute atomic E-state index is 0.00953. The summed E-state index contributed by atoms with van der Waals surface area (Å²) >= 11 is 1.13. The van der Waals surface area contributed by atoms with Crippen molar-refractivity contribution >= 4 is 27.3 Å². The molecule has 0 radical (unpaired) electrons. The van der Waals surface area contributed by atoms with Gasteiger partial charge in [0.25, 0.3) is 5.91 Å². The van der Waals surface area contributed by atoms with Crippen LogP contribution in [-0.4, -0.2) is 33.6 Å². The molecular formula is C13H20N2O4S2. The van der Waals surface area contributed by atoms with Crippen LogP contribution in [0.5, 0.6) is 0 Å². The molecule has 1 aromatic rings. The van der Waals surface area contributed by atoms with Crippen LogP contribution in [0.3, 0.4) is 0 Å². The monoisotopic (exact) mass is 332 g/mol. The summed E-state index contributed by atoms with van der Waals surface area (Å²) in [5.41, 5.74) is -0.139. The van der Waals surface area contributed by atoms with E-state index in [0.717, 1.165) is 17.8 Å². The number of carbonyl (C=O) groups is 1. The molecule has 1 saturated carbocycles. The Balaban J connectivity index is 2.13. The third kappa shape index (κ3) is 2.98. The van der Waals surface area contributed by atoms with E-state index < -0.39 is 10.0 Å². The molecule has 3 N–H and O–H groups in total. The van der Waals surface area contributed by atoms with E-state index in [1.165, 1.54) is 6.07 Å². The molecule has 0 aromatic carbocycles. The van der Waals surface area contributed by atoms with E-state index in [-0.39, 0.29) is 28.4 Å². The van der Waals surface area contributed by atoms with Crippen molar-refractivity contribution in [2.45, 2.75) is 44.2 Å². The molecule has 2 rings (SSSR count). The Morgan fingerprint density at radius 1 is 1.52 bits per heavy atom. The fraction of sp³-hybridized carbons (Fsp3) is 0.615. The first-order valence-corrected chi connectivity index (χ1v) is 8.90. The number of primary sulfonamides is 1. The number of sulfonamides is 1. The van der Waals surface area contributed by atoms with Gasteiger partial charge in [-0.25, -0.2) is 13.6 Å². The lowest BCUT2D eigenvalue weighted by atomic mass is 9.64. The summed E-state index contributed by atoms with van der Waals surface area (Å²) in [6.45, 7) is 5.70. The van der Waals surface area contributed by atoms with Gasteiger partial charge in [-0.15, -0.1) is 11.3 Å². The van der Waals surface area contributed by atoms with Crippen LogP contribution in [0.15, 0.2) is 11.0 Å². The summed E-state index contributed by atoms with van der Waals surface area (Å²) < 4.78 is 28.1. The highest BCUT2D eigenvalue weighted by Crippen LogP contribution is 2.42. The van der Waals surface area contributed by atoms with Crippen molar-refractivity contribution in [1.82, 2.24) is 5.32 Å². The van der Waals surface area contributed by atoms with Gasteiger partial charge < -0.3 is 10.1 Å². The van der Waals surface area contributed by atoms with Gasteiger partial charge in [-0.2, -0.15) is 0 Å². The Labute approximate surface area is 128 Å². The first-order valence-electron chi connectivity index (χ1n) is 6.54. The molecule has 1 aliphatic carbocycles. The van der Waals surface area contributed by atoms with Crippen LogP contribution in [0.2, 0.25) is 0 Å². The number of aryl methyl sites for hydroxylation is 1. The van der Waals surface area contributed by atoms with Crippen molar-refractivity contribution in [3.8, 4) is 0 Å². The first-order chi connectivity index (χ1) is 9.57. The van der Waals surface area contributed by atoms with Gasteiger partial charge in [-0.1, -0.05) is 13.8 Å². The first kappa shape index (κ1) is 16.4. The maximum Gasteiger partial charge on any atom is 0.261 e. The van der Waals surface area contributed by atoms with Gasteiger partial charge in [0.2, 0.25) is 10.0 Å². The summed E-state index contributed by atoms with van der Waals surface area (Å²) in [6.07, 6.45) is 0.870. The van der Waals surface area contributed by atoms with Gasteiger partial charge in [-0.3, -0.25) is 4.79 Å². The molecule has 6 nitrogen and oxygen atoms in total. The Morgan fingerprint density at radius 3 is 2.57 bits per heavy atom. The lowest BCUT2D eigenvalue weighted by Gasteiger charge is -2.51. The maximum absolute atomic E-state index is 12.2. The van der Waals surface area contributed by atoms with Gasteiger partial charge in [0.15, 0.2) is 0 Å². The van der Waals surface area contributed by atoms with E-state index in [4.69, 9.17) is 9.88 Å². The number of hydrogen-bond acceptors (Lipinski definition) is 5. The Kier molecular flexibility index (Phi) is 4.18. The van der Waals surface area contributed by atoms with Crippen LogP contribution in [0.4, 0.5) is 0 Å². The molecule has 0 bridgehead atoms. The molecule has 1 aliphatic rings. The predicted octanol–water partition coefficient (Wildman–Crippen LogP) is 1.25. The molecule has 118 valence electrons. The van der Waals surface area contributed by atoms with Crippen LogP contribution < -0.4 is 10.5 Å². The van der Waals surface area contributed by atoms with Crippen molar-refractivity contribution in [3.63, 3.8) is 0 Å². The molecule has 1 amide bonds. The molecular weight excluding hydrogens is 312 g/mol. The van der Waals surface area contributed by atoms with Gasteiger partial charge in [0.1, 0.15) is 0 Å². The normalized spacial score (nSPS) is 24.4. The number of methoxy groups -OCH3 is 1. The second-order valence-corrected chi connectivity index (χ2v) is 8.67. The minimum atomic E-state index is -3.79. The summed E-state index contributed by atoms with van der Waals surface area (Å²) in [4.78, 5) is 13.1. The lowest BCUT2D eigenvalue weighted by molar-refractivity contribution is -0.0942. The average molecular weight is 332 g/mol. The van der Waals surface area contributed by atoms with Crippen molar-refractivity contribution in [2.24, 2.45) is 10.6 Å². The average Bonchev–Trinajstić information content (AvgIpc) is 2.75. The summed E-state index contributed by atoms with van der Waals surface area (Å²) in [7, 11) is -2.13. The molecule has 21 heavy (non-hydrogen) atoms. The highest BCUT2D eigenvalue weighted by molar-refractivity contribution is 7.89. The molecule has 1 fully saturated rings. The van der Waals surface area contributed by atoms with Crippen LogP contribution in [0.1, 0.15) is 34.8 Å². The predicted molar refractivity (Wildman–Crippen MR) is 80.9 cm³/mol. The summed E-state index contributed by atoms with van der Waals surface area (Å²) in [5, 5.41) is 8.05. The highest BCUT2D eigenvalue weighted by atomic mass is 32.2. The number of carbonyl (C=O) groups excluding carboxylic acids is 1. The number of hydrogen-bond donors (Lipinski definition) is 2. The zero-order valence-electron chi connectivity index (χ0n) is 12.5. The maximum atomic E-state index is 12.2. The van der Waals surface area contributed by atoms with Crippen LogP contribution in [-0.2, 0) is 14.8 Å². The van der Waals surface area contributed by atoms with Gasteiger partial charge in [-0.05, 0) is 19.4 Å². The van der Waals surface area contributed by atoms with E-state index in [2.05, 4.69) is 5.32 Å². The summed E-state index contributed by atoms with van der Waals surface area (Å²) in [6, 6.07) is 1.35. The molecule has 8 heteroatoms. The van der Waals surface area contributed by atoms with E-state index in [1.54, 1.807) is 14.0 Å². The Hall–Kier alpha value is -0.960. The van der Waals surface area contributed by atoms with E-state index >= 15 is 0 Å². The van der Waals surface area contributed by atoms with Gasteiger partial charge >= 0.3 is 0 Å². The van der Waals surface area contributed by atoms with E-state index in [0.29, 0.717) is 9.75 Å². The highest BCUT2D eigenvalue weighted by Gasteiger charge is 2.49. The van der Waals surface area contributed by atoms with Crippen LogP contribution >= 0.6 is 11.3 Å². The smallest absolute Gasteiger partial charge is 0.261 e. The standard InChI is InChI=1S/C13H20N2O4S2/c1-7-9(21(14,17)18)5-8(20-7)12(16)15-10-6-11(19-4)13(10,2)3/h5,10-11H,6H2,1-4H3,(H,15,16)(H2,14,17,18). The largest absolute Gasteiger partial charge is 0.381 e. The van der Waals surface area contributed by atoms with Crippen LogP contribution in [0.25, 0.3) is 0 Å². The molecule has 1 aromatic heterocycles. The Bertz CT molecular complexity index is 664. The number of nitrogens with two attached hydrogens (primary N) is 1. The zero-order chi connectivity index (χ0) is 16.0. The fourth-order valence-corrected chi connectivity index (χ4v) is 4.67. The second kappa shape index (κ2) is 5.35. The molecule has 0 aliphatic heterocycles. The zero-order valence-corrected chi connectivity index (χ0v) is 14.1. The van der Waals surface area contributed by atoms with Gasteiger partial charge in [0, 0.05) is 23.4 Å². The van der Waals surface area contributed by atoms with Crippen molar-refractivity contribution in [3.05, 3.63) is 15.8 Å². The topological polar surface area (TPSA) is 98.5 Å². The number of rotatable bonds is 4. The van der Waals surface area contributed by atoms with E-state index in [9.17, 15) is 13.2 Å². The van der Waals surface area contributed by atoms with Crippen molar-refractivity contribution in [2.75, 3.05) is 7.11 Å². The number of thiophene rings is 1. The molecule has 2 unspecified atom stereocenters. The lowest BCUT2D eigenvalue weighted by Crippen LogP contribution is -2.61. The summed E-state index contributed by atoms with van der Waals surface area (Å²) in [5.74, 6) is -0.273. The van der Waals surface area contributed by atoms with Crippen molar-refractivity contribution in [1.29, 1.82) is 0 Å². The third-order valence-corrected chi connectivity index (χ3v) is 6.39. The molecule has 0 saturated heterocycles. The fourth-order valence-electron chi connectivity index (χ4n) is 2.62. The molecule has 0 spiro atoms. The SMILES string of the molecule is COC1CC(NC(=O)c2cc(S(N)(=O)=O)c(C)s2)C1(C)C. The number of nitrogens with one attached hydrogen (secondary N) is 1. The third-order valence-electron chi connectivity index (χ3n) is 4.17. The Morgan fingerprint density at radius 2 is 2.14 bits per heavy atom.